The highest BCUT2D eigenvalue weighted by Crippen LogP contribution is 2.44. The van der Waals surface area contributed by atoms with Gasteiger partial charge in [-0.3, -0.25) is 0 Å². The SMILES string of the molecule is CCC[N+]1(C)N=C(C2CC2)C(C(=O)O)=C1c1ccc(-c2ccccc2-c2nn[nH]n2)cc1. The minimum atomic E-state index is -0.893. The number of aromatic nitrogens is 4. The van der Waals surface area contributed by atoms with Gasteiger partial charge in [-0.15, -0.1) is 10.2 Å². The highest BCUT2D eigenvalue weighted by atomic mass is 16.4. The molecule has 2 heterocycles. The van der Waals surface area contributed by atoms with Gasteiger partial charge in [0.2, 0.25) is 5.82 Å². The number of aliphatic carboxylic acids is 1. The van der Waals surface area contributed by atoms with Crippen LogP contribution in [0.2, 0.25) is 0 Å². The largest absolute Gasteiger partial charge is 0.477 e. The molecule has 5 rings (SSSR count). The zero-order valence-corrected chi connectivity index (χ0v) is 18.1. The summed E-state index contributed by atoms with van der Waals surface area (Å²) >= 11 is 0. The Morgan fingerprint density at radius 2 is 1.78 bits per heavy atom. The molecule has 1 aliphatic heterocycles. The molecule has 0 saturated heterocycles. The molecular formula is C24H25N6O2+. The molecule has 8 heteroatoms. The van der Waals surface area contributed by atoms with Crippen LogP contribution >= 0.6 is 0 Å². The smallest absolute Gasteiger partial charge is 0.344 e. The monoisotopic (exact) mass is 429 g/mol. The van der Waals surface area contributed by atoms with Gasteiger partial charge in [0.1, 0.15) is 12.3 Å². The standard InChI is InChI=1S/C24H24N6O2/c1-3-14-30(2)22(20(24(31)32)21(27-30)16-10-11-16)17-12-8-15(9-13-17)18-6-4-5-7-19(18)23-25-28-29-26-23/h4-9,12-13,16H,3,10-11,14H2,1-2H3,(H-,25,26,27,28,29,31,32)/p+1. The quantitative estimate of drug-likeness (QED) is 0.553. The van der Waals surface area contributed by atoms with Crippen LogP contribution in [0.15, 0.2) is 59.2 Å². The Labute approximate surface area is 185 Å². The van der Waals surface area contributed by atoms with Crippen molar-refractivity contribution in [3.05, 3.63) is 59.7 Å². The van der Waals surface area contributed by atoms with Gasteiger partial charge in [0.25, 0.3) is 0 Å². The van der Waals surface area contributed by atoms with Crippen LogP contribution in [0, 0.1) is 5.92 Å². The number of nitrogens with one attached hydrogen (secondary N) is 1. The number of rotatable bonds is 7. The maximum Gasteiger partial charge on any atom is 0.344 e. The van der Waals surface area contributed by atoms with E-state index in [1.165, 1.54) is 0 Å². The Kier molecular flexibility index (Phi) is 4.94. The predicted molar refractivity (Wildman–Crippen MR) is 121 cm³/mol. The molecule has 2 aliphatic rings. The molecular weight excluding hydrogens is 404 g/mol. The molecule has 2 N–H and O–H groups in total. The van der Waals surface area contributed by atoms with Crippen molar-refractivity contribution in [2.24, 2.45) is 11.0 Å². The van der Waals surface area contributed by atoms with Gasteiger partial charge in [-0.05, 0) is 47.7 Å². The molecule has 1 aromatic heterocycles. The number of benzene rings is 2. The second kappa shape index (κ2) is 7.80. The Morgan fingerprint density at radius 1 is 1.09 bits per heavy atom. The maximum atomic E-state index is 12.3. The van der Waals surface area contributed by atoms with Gasteiger partial charge in [0.15, 0.2) is 11.3 Å². The van der Waals surface area contributed by atoms with Crippen LogP contribution in [0.25, 0.3) is 28.2 Å². The van der Waals surface area contributed by atoms with E-state index in [-0.39, 0.29) is 10.5 Å². The summed E-state index contributed by atoms with van der Waals surface area (Å²) in [6.07, 6.45) is 2.94. The van der Waals surface area contributed by atoms with Crippen LogP contribution in [-0.2, 0) is 4.79 Å². The Hall–Kier alpha value is -3.65. The van der Waals surface area contributed by atoms with Crippen molar-refractivity contribution >= 4 is 17.4 Å². The van der Waals surface area contributed by atoms with E-state index in [1.807, 2.05) is 55.6 Å². The van der Waals surface area contributed by atoms with Gasteiger partial charge < -0.3 is 5.11 Å². The van der Waals surface area contributed by atoms with Crippen LogP contribution in [0.4, 0.5) is 0 Å². The molecule has 8 nitrogen and oxygen atoms in total. The molecule has 0 spiro atoms. The maximum absolute atomic E-state index is 12.3. The lowest BCUT2D eigenvalue weighted by molar-refractivity contribution is -0.844. The second-order valence-electron chi connectivity index (χ2n) is 8.51. The molecule has 1 fully saturated rings. The molecule has 1 aliphatic carbocycles. The van der Waals surface area contributed by atoms with Gasteiger partial charge >= 0.3 is 5.97 Å². The van der Waals surface area contributed by atoms with E-state index in [4.69, 9.17) is 5.10 Å². The fraction of sp³-hybridized carbons (Fsp3) is 0.292. The van der Waals surface area contributed by atoms with Crippen molar-refractivity contribution in [3.63, 3.8) is 0 Å². The number of H-pyrrole nitrogens is 1. The summed E-state index contributed by atoms with van der Waals surface area (Å²) < 4.78 is 0.281. The van der Waals surface area contributed by atoms with Crippen LogP contribution < -0.4 is 0 Å². The lowest BCUT2D eigenvalue weighted by Crippen LogP contribution is -2.35. The summed E-state index contributed by atoms with van der Waals surface area (Å²) in [5.41, 5.74) is 5.67. The van der Waals surface area contributed by atoms with E-state index in [2.05, 4.69) is 27.5 Å². The second-order valence-corrected chi connectivity index (χ2v) is 8.51. The lowest BCUT2D eigenvalue weighted by Gasteiger charge is -2.26. The third kappa shape index (κ3) is 3.42. The van der Waals surface area contributed by atoms with Crippen LogP contribution in [0.1, 0.15) is 31.7 Å². The van der Waals surface area contributed by atoms with Crippen molar-refractivity contribution in [2.75, 3.05) is 13.6 Å². The van der Waals surface area contributed by atoms with Gasteiger partial charge in [-0.1, -0.05) is 48.4 Å². The van der Waals surface area contributed by atoms with Crippen molar-refractivity contribution in [1.82, 2.24) is 20.6 Å². The summed E-state index contributed by atoms with van der Waals surface area (Å²) in [4.78, 5) is 12.3. The number of carbonyl (C=O) groups is 1. The van der Waals surface area contributed by atoms with Crippen molar-refractivity contribution < 1.29 is 14.5 Å². The molecule has 1 saturated carbocycles. The molecule has 1 atom stereocenters. The van der Waals surface area contributed by atoms with E-state index in [9.17, 15) is 9.90 Å². The van der Waals surface area contributed by atoms with Gasteiger partial charge in [-0.2, -0.15) is 9.81 Å². The predicted octanol–water partition coefficient (Wildman–Crippen LogP) is 3.97. The summed E-state index contributed by atoms with van der Waals surface area (Å²) in [5.74, 6) is -0.0878. The van der Waals surface area contributed by atoms with E-state index in [0.29, 0.717) is 11.4 Å². The van der Waals surface area contributed by atoms with E-state index >= 15 is 0 Å². The van der Waals surface area contributed by atoms with Crippen molar-refractivity contribution in [1.29, 1.82) is 0 Å². The fourth-order valence-corrected chi connectivity index (χ4v) is 4.59. The molecule has 32 heavy (non-hydrogen) atoms. The third-order valence-corrected chi connectivity index (χ3v) is 6.12. The fourth-order valence-electron chi connectivity index (χ4n) is 4.59. The van der Waals surface area contributed by atoms with E-state index in [0.717, 1.165) is 59.5 Å². The molecule has 0 bridgehead atoms. The van der Waals surface area contributed by atoms with Crippen LogP contribution in [-0.4, -0.2) is 55.6 Å². The number of hydrogen-bond donors (Lipinski definition) is 2. The first-order valence-corrected chi connectivity index (χ1v) is 10.9. The van der Waals surface area contributed by atoms with Crippen molar-refractivity contribution in [3.8, 4) is 22.5 Å². The van der Waals surface area contributed by atoms with Crippen LogP contribution in [0.5, 0.6) is 0 Å². The number of aromatic amines is 1. The molecule has 0 amide bonds. The number of carboxylic acids is 1. The van der Waals surface area contributed by atoms with Gasteiger partial charge in [0.05, 0.1) is 7.05 Å². The number of quaternary nitrogens is 1. The molecule has 0 radical (unpaired) electrons. The molecule has 3 aromatic rings. The number of carboxylic acid groups (broad SMARTS) is 1. The third-order valence-electron chi connectivity index (χ3n) is 6.12. The summed E-state index contributed by atoms with van der Waals surface area (Å²) in [5, 5.41) is 29.4. The average molecular weight is 430 g/mol. The molecule has 162 valence electrons. The number of hydrogen-bond acceptors (Lipinski definition) is 5. The summed E-state index contributed by atoms with van der Waals surface area (Å²) in [6.45, 7) is 2.86. The first-order valence-electron chi connectivity index (χ1n) is 10.9. The Morgan fingerprint density at radius 3 is 2.38 bits per heavy atom. The first kappa shape index (κ1) is 20.3. The minimum Gasteiger partial charge on any atom is -0.477 e. The lowest BCUT2D eigenvalue weighted by atomic mass is 9.95. The number of tetrazole rings is 1. The topological polar surface area (TPSA) is 104 Å². The molecule has 1 unspecified atom stereocenters. The van der Waals surface area contributed by atoms with Gasteiger partial charge in [-0.25, -0.2) is 4.79 Å². The summed E-state index contributed by atoms with van der Waals surface area (Å²) in [7, 11) is 2.01. The van der Waals surface area contributed by atoms with Gasteiger partial charge in [0, 0.05) is 17.0 Å². The summed E-state index contributed by atoms with van der Waals surface area (Å²) in [6, 6.07) is 15.9. The van der Waals surface area contributed by atoms with Crippen molar-refractivity contribution in [2.45, 2.75) is 26.2 Å². The first-order chi connectivity index (χ1) is 15.5. The normalized spacial score (nSPS) is 20.5. The molecule has 2 aromatic carbocycles. The van der Waals surface area contributed by atoms with Crippen LogP contribution in [0.3, 0.4) is 0 Å². The minimum absolute atomic E-state index is 0.272. The zero-order chi connectivity index (χ0) is 22.3. The van der Waals surface area contributed by atoms with E-state index in [1.54, 1.807) is 0 Å². The highest BCUT2D eigenvalue weighted by molar-refractivity contribution is 6.26. The average Bonchev–Trinajstić information content (AvgIpc) is 3.39. The zero-order valence-electron chi connectivity index (χ0n) is 18.1. The number of nitrogens with zero attached hydrogens (tertiary/aromatic N) is 5. The highest BCUT2D eigenvalue weighted by Gasteiger charge is 2.48. The Balaban J connectivity index is 1.59. The van der Waals surface area contributed by atoms with E-state index < -0.39 is 5.97 Å². The Bertz CT molecular complexity index is 1230.